The second kappa shape index (κ2) is 22.4. The highest BCUT2D eigenvalue weighted by Gasteiger charge is 2.49. The number of hydrogen-bond donors (Lipinski definition) is 0. The predicted octanol–water partition coefficient (Wildman–Crippen LogP) is 7.59. The summed E-state index contributed by atoms with van der Waals surface area (Å²) < 4.78 is 110. The van der Waals surface area contributed by atoms with Gasteiger partial charge < -0.3 is 37.9 Å². The molecule has 20 heteroatoms. The van der Waals surface area contributed by atoms with Crippen molar-refractivity contribution in [2.75, 3.05) is 63.2 Å². The summed E-state index contributed by atoms with van der Waals surface area (Å²) in [5, 5.41) is 0. The smallest absolute Gasteiger partial charge is 0.420 e. The van der Waals surface area contributed by atoms with Crippen LogP contribution in [0.15, 0.2) is 131 Å². The van der Waals surface area contributed by atoms with E-state index in [4.69, 9.17) is 37.9 Å². The zero-order valence-corrected chi connectivity index (χ0v) is 45.9. The molecular weight excluding hydrogens is 1040 g/mol. The summed E-state index contributed by atoms with van der Waals surface area (Å²) in [6, 6.07) is 31.2. The fraction of sp³-hybridized carbons (Fsp3) is 0.345. The van der Waals surface area contributed by atoms with Gasteiger partial charge in [-0.1, -0.05) is 59.7 Å². The van der Waals surface area contributed by atoms with Crippen molar-refractivity contribution < 1.29 is 64.3 Å². The van der Waals surface area contributed by atoms with Gasteiger partial charge in [-0.3, -0.25) is 18.4 Å². The first-order valence-corrected chi connectivity index (χ1v) is 28.6. The van der Waals surface area contributed by atoms with E-state index in [1.54, 1.807) is 101 Å². The largest absolute Gasteiger partial charge is 0.493 e. The molecule has 0 amide bonds. The first kappa shape index (κ1) is 53.9. The lowest BCUT2D eigenvalue weighted by atomic mass is 9.98. The van der Waals surface area contributed by atoms with Gasteiger partial charge in [0.15, 0.2) is 23.0 Å². The summed E-state index contributed by atoms with van der Waals surface area (Å²) in [5.74, 6) is -0.458. The van der Waals surface area contributed by atoms with Gasteiger partial charge in [-0.25, -0.2) is 26.4 Å². The molecule has 0 N–H and O–H groups in total. The molecule has 0 saturated heterocycles. The van der Waals surface area contributed by atoms with Crippen LogP contribution in [0.4, 0.5) is 11.4 Å². The standard InChI is InChI=1S/C58H62N4O14S2/c1-37-15-19-43(20-16-37)77(65,66)61-45-11-7-9-13-49(45)73-57(47(61)25-29-59-27-23-39-31-51(69-3)53(71-5)33-41(39)35-59)75-55(63)56(64)76-58-48(26-30-60-28-24-40-32-52(70-4)54(72-6)34-42(40)36-60)62(46-12-8-10-14-50(46)74-58)78(67,68)44-21-17-38(2)18-22-44/h7-22,31-34,47-48,57-58H,23-30,35-36H2,1-6H3. The lowest BCUT2D eigenvalue weighted by Gasteiger charge is -2.43. The van der Waals surface area contributed by atoms with Gasteiger partial charge in [0, 0.05) is 39.3 Å². The number of carbonyl (C=O) groups excluding carboxylic acids is 2. The number of nitrogens with zero attached hydrogens (tertiary/aromatic N) is 4. The van der Waals surface area contributed by atoms with Gasteiger partial charge in [-0.2, -0.15) is 0 Å². The van der Waals surface area contributed by atoms with Gasteiger partial charge in [0.05, 0.1) is 49.6 Å². The molecule has 0 fully saturated rings. The molecule has 0 radical (unpaired) electrons. The summed E-state index contributed by atoms with van der Waals surface area (Å²) in [7, 11) is -2.47. The highest BCUT2D eigenvalue weighted by atomic mass is 32.2. The van der Waals surface area contributed by atoms with Crippen LogP contribution < -0.4 is 37.0 Å². The van der Waals surface area contributed by atoms with Crippen LogP contribution in [0, 0.1) is 13.8 Å². The second-order valence-corrected chi connectivity index (χ2v) is 23.3. The fourth-order valence-corrected chi connectivity index (χ4v) is 14.0. The summed E-state index contributed by atoms with van der Waals surface area (Å²) in [6.45, 7) is 6.56. The number of ether oxygens (including phenoxy) is 8. The number of carbonyl (C=O) groups is 2. The number of aryl methyl sites for hydroxylation is 2. The summed E-state index contributed by atoms with van der Waals surface area (Å²) >= 11 is 0. The van der Waals surface area contributed by atoms with Crippen molar-refractivity contribution in [3.63, 3.8) is 0 Å². The second-order valence-electron chi connectivity index (χ2n) is 19.7. The van der Waals surface area contributed by atoms with Crippen LogP contribution >= 0.6 is 0 Å². The first-order chi connectivity index (χ1) is 37.6. The van der Waals surface area contributed by atoms with E-state index in [2.05, 4.69) is 9.80 Å². The quantitative estimate of drug-likeness (QED) is 0.0680. The highest BCUT2D eigenvalue weighted by molar-refractivity contribution is 7.93. The van der Waals surface area contributed by atoms with E-state index in [-0.39, 0.29) is 45.5 Å². The summed E-state index contributed by atoms with van der Waals surface area (Å²) in [5.41, 5.74) is 6.33. The number of anilines is 2. The molecule has 4 heterocycles. The number of sulfonamides is 2. The zero-order valence-electron chi connectivity index (χ0n) is 44.2. The Hall–Kier alpha value is -7.52. The number of para-hydroxylation sites is 4. The number of methoxy groups -OCH3 is 4. The van der Waals surface area contributed by atoms with Crippen LogP contribution in [0.1, 0.15) is 46.2 Å². The molecule has 4 aliphatic rings. The third kappa shape index (κ3) is 10.7. The molecule has 0 saturated carbocycles. The fourth-order valence-electron chi connectivity index (χ4n) is 10.6. The number of rotatable bonds is 16. The Balaban J connectivity index is 0.957. The number of hydrogen-bond acceptors (Lipinski definition) is 16. The molecule has 4 atom stereocenters. The van der Waals surface area contributed by atoms with E-state index in [1.807, 2.05) is 38.1 Å². The highest BCUT2D eigenvalue weighted by Crippen LogP contribution is 2.44. The number of benzene rings is 6. The third-order valence-electron chi connectivity index (χ3n) is 14.8. The zero-order chi connectivity index (χ0) is 54.9. The maximum absolute atomic E-state index is 15.0. The van der Waals surface area contributed by atoms with E-state index < -0.39 is 56.6 Å². The van der Waals surface area contributed by atoms with E-state index in [0.717, 1.165) is 33.4 Å². The molecule has 4 aliphatic heterocycles. The van der Waals surface area contributed by atoms with Crippen molar-refractivity contribution in [3.8, 4) is 34.5 Å². The average molecular weight is 1100 g/mol. The first-order valence-electron chi connectivity index (χ1n) is 25.7. The van der Waals surface area contributed by atoms with Crippen molar-refractivity contribution in [2.45, 2.75) is 87.1 Å². The minimum Gasteiger partial charge on any atom is -0.493 e. The number of esters is 2. The molecule has 410 valence electrons. The summed E-state index contributed by atoms with van der Waals surface area (Å²) in [4.78, 5) is 33.2. The lowest BCUT2D eigenvalue weighted by molar-refractivity contribution is -0.193. The molecule has 0 spiro atoms. The maximum atomic E-state index is 15.0. The molecule has 6 aromatic rings. The minimum absolute atomic E-state index is 0.00753. The van der Waals surface area contributed by atoms with Crippen molar-refractivity contribution in [1.29, 1.82) is 0 Å². The van der Waals surface area contributed by atoms with Gasteiger partial charge in [0.2, 0.25) is 0 Å². The van der Waals surface area contributed by atoms with E-state index in [0.29, 0.717) is 75.1 Å². The van der Waals surface area contributed by atoms with Crippen molar-refractivity contribution in [3.05, 3.63) is 155 Å². The van der Waals surface area contributed by atoms with Gasteiger partial charge in [-0.15, -0.1) is 0 Å². The van der Waals surface area contributed by atoms with Crippen molar-refractivity contribution in [2.24, 2.45) is 0 Å². The van der Waals surface area contributed by atoms with E-state index >= 15 is 16.8 Å². The third-order valence-corrected chi connectivity index (χ3v) is 18.5. The Labute approximate surface area is 455 Å². The molecule has 18 nitrogen and oxygen atoms in total. The Morgan fingerprint density at radius 3 is 1.21 bits per heavy atom. The summed E-state index contributed by atoms with van der Waals surface area (Å²) in [6.07, 6.45) is -1.86. The van der Waals surface area contributed by atoms with Gasteiger partial charge in [-0.05, 0) is 135 Å². The number of fused-ring (bicyclic) bond motifs is 4. The molecular formula is C58H62N4O14S2. The molecule has 0 bridgehead atoms. The van der Waals surface area contributed by atoms with Crippen LogP contribution in [0.5, 0.6) is 34.5 Å². The molecule has 0 aromatic heterocycles. The van der Waals surface area contributed by atoms with Crippen molar-refractivity contribution >= 4 is 43.4 Å². The average Bonchev–Trinajstić information content (AvgIpc) is 3.64. The van der Waals surface area contributed by atoms with Gasteiger partial charge >= 0.3 is 11.9 Å². The molecule has 78 heavy (non-hydrogen) atoms. The van der Waals surface area contributed by atoms with Gasteiger partial charge in [0.25, 0.3) is 32.6 Å². The topological polar surface area (TPSA) is 189 Å². The van der Waals surface area contributed by atoms with Crippen LogP contribution in [-0.2, 0) is 65.0 Å². The SMILES string of the molecule is COc1cc2c(cc1OC)CN(CCC1C(OC(=O)C(=O)OC3Oc4ccccc4N(S(=O)(=O)c4ccc(C)cc4)C3CCN3CCc4cc(OC)c(OC)cc4C3)Oc3ccccc3N1S(=O)(=O)c1ccc(C)cc1)CC2. The Morgan fingerprint density at radius 1 is 0.500 bits per heavy atom. The van der Waals surface area contributed by atoms with Crippen LogP contribution in [0.2, 0.25) is 0 Å². The minimum atomic E-state index is -4.39. The van der Waals surface area contributed by atoms with Crippen LogP contribution in [0.25, 0.3) is 0 Å². The van der Waals surface area contributed by atoms with E-state index in [9.17, 15) is 9.59 Å². The van der Waals surface area contributed by atoms with Crippen LogP contribution in [-0.4, -0.2) is 118 Å². The lowest BCUT2D eigenvalue weighted by Crippen LogP contribution is -2.56. The monoisotopic (exact) mass is 1100 g/mol. The Kier molecular flexibility index (Phi) is 15.5. The predicted molar refractivity (Wildman–Crippen MR) is 289 cm³/mol. The van der Waals surface area contributed by atoms with Gasteiger partial charge in [0.1, 0.15) is 23.6 Å². The molecule has 10 rings (SSSR count). The van der Waals surface area contributed by atoms with E-state index in [1.165, 1.54) is 32.9 Å². The molecule has 0 aliphatic carbocycles. The maximum Gasteiger partial charge on any atom is 0.420 e. The molecule has 6 aromatic carbocycles. The van der Waals surface area contributed by atoms with Crippen LogP contribution in [0.3, 0.4) is 0 Å². The van der Waals surface area contributed by atoms with Crippen molar-refractivity contribution in [1.82, 2.24) is 9.80 Å². The molecule has 4 unspecified atom stereocenters. The Bertz CT molecular complexity index is 3210. The Morgan fingerprint density at radius 2 is 0.846 bits per heavy atom. The normalized spacial score (nSPS) is 19.2.